The Labute approximate surface area is 331 Å². The predicted octanol–water partition coefficient (Wildman–Crippen LogP) is 10.7. The summed E-state index contributed by atoms with van der Waals surface area (Å²) in [6.45, 7) is 0. The maximum atomic E-state index is 5.06. The highest BCUT2D eigenvalue weighted by Crippen LogP contribution is 2.31. The Kier molecular flexibility index (Phi) is 9.86. The van der Waals surface area contributed by atoms with Crippen LogP contribution in [0, 0.1) is 0 Å². The Balaban J connectivity index is 1.06. The first-order valence-corrected chi connectivity index (χ1v) is 18.9. The highest BCUT2D eigenvalue weighted by atomic mass is 15.2. The van der Waals surface area contributed by atoms with E-state index in [0.29, 0.717) is 23.4 Å². The summed E-state index contributed by atoms with van der Waals surface area (Å²) in [5.74, 6) is 2.28. The monoisotopic (exact) mass is 736 g/mol. The van der Waals surface area contributed by atoms with Crippen LogP contribution < -0.4 is 11.1 Å². The molecule has 9 rings (SSSR count). The summed E-state index contributed by atoms with van der Waals surface area (Å²) in [5.41, 5.74) is 16.2. The van der Waals surface area contributed by atoms with Gasteiger partial charge in [0.25, 0.3) is 0 Å². The first-order chi connectivity index (χ1) is 28.1. The Morgan fingerprint density at radius 3 is 1.12 bits per heavy atom. The zero-order valence-electron chi connectivity index (χ0n) is 31.1. The van der Waals surface area contributed by atoms with Gasteiger partial charge in [-0.3, -0.25) is 0 Å². The van der Waals surface area contributed by atoms with Crippen molar-refractivity contribution in [2.45, 2.75) is 6.17 Å². The van der Waals surface area contributed by atoms with E-state index in [2.05, 4.69) is 108 Å². The highest BCUT2D eigenvalue weighted by Gasteiger charge is 2.17. The molecule has 0 aliphatic rings. The molecule has 57 heavy (non-hydrogen) atoms. The van der Waals surface area contributed by atoms with Gasteiger partial charge in [-0.2, -0.15) is 0 Å². The molecule has 0 spiro atoms. The number of benzene rings is 7. The van der Waals surface area contributed by atoms with Crippen molar-refractivity contribution in [3.05, 3.63) is 206 Å². The van der Waals surface area contributed by atoms with Crippen LogP contribution in [0.15, 0.2) is 200 Å². The van der Waals surface area contributed by atoms with E-state index < -0.39 is 0 Å². The molecule has 0 aliphatic heterocycles. The number of rotatable bonds is 10. The van der Waals surface area contributed by atoms with Crippen molar-refractivity contribution < 1.29 is 5.73 Å². The number of hydrogen-bond acceptors (Lipinski definition) is 6. The molecular formula is C50H38N7+. The SMILES string of the molecule is [NH3+]C(Nc1nc(-c2ccccc2)cc(-c2ccccc2)n1)c1ccc(-c2nc(-c3cccc(-c4ccccc4)c3)nc(-c3cccc(-c4ccccc4)c3)n2)cc1. The van der Waals surface area contributed by atoms with E-state index in [9.17, 15) is 0 Å². The van der Waals surface area contributed by atoms with Crippen molar-refractivity contribution in [2.75, 3.05) is 5.32 Å². The van der Waals surface area contributed by atoms with Crippen LogP contribution in [0.5, 0.6) is 0 Å². The molecule has 0 fully saturated rings. The molecule has 0 aliphatic carbocycles. The number of nitrogens with one attached hydrogen (secondary N) is 1. The van der Waals surface area contributed by atoms with Crippen LogP contribution in [0.1, 0.15) is 11.7 Å². The van der Waals surface area contributed by atoms with Gasteiger partial charge in [-0.25, -0.2) is 24.9 Å². The number of anilines is 1. The summed E-state index contributed by atoms with van der Waals surface area (Å²) in [4.78, 5) is 25.0. The lowest BCUT2D eigenvalue weighted by atomic mass is 10.0. The Morgan fingerprint density at radius 1 is 0.316 bits per heavy atom. The van der Waals surface area contributed by atoms with E-state index in [1.165, 1.54) is 0 Å². The molecule has 2 heterocycles. The van der Waals surface area contributed by atoms with Gasteiger partial charge in [-0.1, -0.05) is 182 Å². The molecule has 1 unspecified atom stereocenters. The highest BCUT2D eigenvalue weighted by molar-refractivity contribution is 5.75. The van der Waals surface area contributed by atoms with E-state index in [-0.39, 0.29) is 6.17 Å². The van der Waals surface area contributed by atoms with Crippen LogP contribution in [-0.2, 0) is 0 Å². The molecule has 0 radical (unpaired) electrons. The zero-order valence-corrected chi connectivity index (χ0v) is 31.1. The van der Waals surface area contributed by atoms with Crippen LogP contribution in [0.3, 0.4) is 0 Å². The van der Waals surface area contributed by atoms with Crippen molar-refractivity contribution in [2.24, 2.45) is 0 Å². The van der Waals surface area contributed by atoms with Crippen LogP contribution in [0.25, 0.3) is 78.9 Å². The lowest BCUT2D eigenvalue weighted by Crippen LogP contribution is -2.57. The zero-order chi connectivity index (χ0) is 38.4. The Hall–Kier alpha value is -7.61. The maximum absolute atomic E-state index is 5.06. The third kappa shape index (κ3) is 7.96. The largest absolute Gasteiger partial charge is 0.334 e. The molecule has 7 nitrogen and oxygen atoms in total. The fraction of sp³-hybridized carbons (Fsp3) is 0.0200. The van der Waals surface area contributed by atoms with Gasteiger partial charge >= 0.3 is 0 Å². The second-order valence-corrected chi connectivity index (χ2v) is 13.7. The van der Waals surface area contributed by atoms with Crippen molar-refractivity contribution >= 4 is 5.95 Å². The van der Waals surface area contributed by atoms with E-state index in [4.69, 9.17) is 24.9 Å². The summed E-state index contributed by atoms with van der Waals surface area (Å²) >= 11 is 0. The molecule has 1 atom stereocenters. The molecule has 7 aromatic carbocycles. The molecule has 0 saturated heterocycles. The van der Waals surface area contributed by atoms with Gasteiger partial charge in [0.05, 0.1) is 11.4 Å². The maximum Gasteiger partial charge on any atom is 0.228 e. The standard InChI is InChI=1S/C50H37N7/c51-46(54-50-52-44(36-19-9-3-10-20-36)33-45(53-50)37-21-11-4-12-22-37)38-27-29-39(30-28-38)47-55-48(42-25-13-23-40(31-42)34-15-5-1-6-16-34)57-49(56-47)43-26-14-24-41(32-43)35-17-7-2-8-18-35/h1-33,46H,51H2,(H,52,53,54)/p+1. The normalized spacial score (nSPS) is 11.5. The summed E-state index contributed by atoms with van der Waals surface area (Å²) in [6, 6.07) is 67.9. The molecule has 0 saturated carbocycles. The molecule has 7 heteroatoms. The van der Waals surface area contributed by atoms with Gasteiger partial charge < -0.3 is 11.1 Å². The molecule has 9 aromatic rings. The predicted molar refractivity (Wildman–Crippen MR) is 229 cm³/mol. The van der Waals surface area contributed by atoms with Gasteiger partial charge in [0, 0.05) is 33.4 Å². The molecule has 0 bridgehead atoms. The average molecular weight is 737 g/mol. The molecular weight excluding hydrogens is 699 g/mol. The Bertz CT molecular complexity index is 2600. The van der Waals surface area contributed by atoms with Crippen LogP contribution in [0.2, 0.25) is 0 Å². The average Bonchev–Trinajstić information content (AvgIpc) is 3.30. The fourth-order valence-electron chi connectivity index (χ4n) is 6.83. The van der Waals surface area contributed by atoms with Crippen molar-refractivity contribution in [3.8, 4) is 78.9 Å². The second kappa shape index (κ2) is 16.0. The van der Waals surface area contributed by atoms with Gasteiger partial charge in [-0.15, -0.1) is 0 Å². The van der Waals surface area contributed by atoms with Gasteiger partial charge in [-0.05, 0) is 40.5 Å². The summed E-state index contributed by atoms with van der Waals surface area (Å²) in [7, 11) is 0. The molecule has 0 amide bonds. The third-order valence-electron chi connectivity index (χ3n) is 9.83. The molecule has 2 aromatic heterocycles. The van der Waals surface area contributed by atoms with Crippen molar-refractivity contribution in [1.82, 2.24) is 24.9 Å². The first-order valence-electron chi connectivity index (χ1n) is 18.9. The molecule has 272 valence electrons. The molecule has 4 N–H and O–H groups in total. The first kappa shape index (κ1) is 35.1. The van der Waals surface area contributed by atoms with Gasteiger partial charge in [0.15, 0.2) is 23.6 Å². The number of aromatic nitrogens is 5. The van der Waals surface area contributed by atoms with Crippen molar-refractivity contribution in [3.63, 3.8) is 0 Å². The van der Waals surface area contributed by atoms with Gasteiger partial charge in [0.2, 0.25) is 5.95 Å². The summed E-state index contributed by atoms with van der Waals surface area (Å²) in [5, 5.41) is 3.46. The minimum Gasteiger partial charge on any atom is -0.334 e. The van der Waals surface area contributed by atoms with Crippen LogP contribution in [-0.4, -0.2) is 24.9 Å². The topological polar surface area (TPSA) is 104 Å². The lowest BCUT2D eigenvalue weighted by molar-refractivity contribution is -0.416. The minimum atomic E-state index is -0.334. The summed E-state index contributed by atoms with van der Waals surface area (Å²) < 4.78 is 0. The van der Waals surface area contributed by atoms with Crippen LogP contribution in [0.4, 0.5) is 5.95 Å². The Morgan fingerprint density at radius 2 is 0.684 bits per heavy atom. The fourth-order valence-corrected chi connectivity index (χ4v) is 6.83. The number of nitrogens with zero attached hydrogens (tertiary/aromatic N) is 5. The second-order valence-electron chi connectivity index (χ2n) is 13.7. The van der Waals surface area contributed by atoms with E-state index in [1.807, 2.05) is 103 Å². The number of hydrogen-bond donors (Lipinski definition) is 2. The van der Waals surface area contributed by atoms with E-state index in [1.54, 1.807) is 0 Å². The van der Waals surface area contributed by atoms with E-state index >= 15 is 0 Å². The third-order valence-corrected chi connectivity index (χ3v) is 9.83. The smallest absolute Gasteiger partial charge is 0.228 e. The minimum absolute atomic E-state index is 0.334. The quantitative estimate of drug-likeness (QED) is 0.136. The van der Waals surface area contributed by atoms with Crippen molar-refractivity contribution in [1.29, 1.82) is 0 Å². The summed E-state index contributed by atoms with van der Waals surface area (Å²) in [6.07, 6.45) is -0.334. The van der Waals surface area contributed by atoms with E-state index in [0.717, 1.165) is 67.0 Å². The number of quaternary nitrogens is 1. The van der Waals surface area contributed by atoms with Gasteiger partial charge in [0.1, 0.15) is 0 Å². The lowest BCUT2D eigenvalue weighted by Gasteiger charge is -2.14. The van der Waals surface area contributed by atoms with Crippen LogP contribution >= 0.6 is 0 Å².